The zero-order chi connectivity index (χ0) is 44.7. The first kappa shape index (κ1) is 47.6. The highest BCUT2D eigenvalue weighted by molar-refractivity contribution is 5.78. The quantitative estimate of drug-likeness (QED) is 0.210. The Kier molecular flexibility index (Phi) is 15.1. The van der Waals surface area contributed by atoms with Crippen LogP contribution in [0.2, 0.25) is 0 Å². The molecule has 0 aromatic rings. The van der Waals surface area contributed by atoms with Gasteiger partial charge in [-0.3, -0.25) is 4.79 Å². The molecule has 14 heteroatoms. The van der Waals surface area contributed by atoms with Crippen LogP contribution in [0, 0.1) is 23.7 Å². The summed E-state index contributed by atoms with van der Waals surface area (Å²) in [7, 11) is 3.22. The molecule has 4 saturated heterocycles. The standard InChI is InChI=1S/C48H72O14/c1-11-25(2)43-28(5)17-18-47(62-43)23-34-20-33(61-47)16-15-27(4)42(26(3)13-12-14-32-24-55-45-40(49)29(6)19-35(46(51)58-34)48(32,45)52)59-39-22-37(54-10)44(31(8)57-39)60-38-21-36(53-9)41(50)30(7)56-38/h12-15,17-19,25-26,28,30-31,33-45,49-50,52H,11,16,20-24H2,1-10H3/b13-12+,27-15+,32-14+/t25-,26-,28-,30-,31-,33+,34-,35-,36+,37-,38-,39-,40+,41-,42-,43+,44-,45+,47+,48+/m0/s1. The van der Waals surface area contributed by atoms with Crippen molar-refractivity contribution < 1.29 is 67.5 Å². The minimum absolute atomic E-state index is 0.0317. The van der Waals surface area contributed by atoms with E-state index < -0.39 is 90.8 Å². The summed E-state index contributed by atoms with van der Waals surface area (Å²) >= 11 is 0. The molecule has 0 saturated carbocycles. The molecule has 1 aliphatic carbocycles. The van der Waals surface area contributed by atoms with E-state index in [1.807, 2.05) is 32.1 Å². The first-order chi connectivity index (χ1) is 29.5. The van der Waals surface area contributed by atoms with Crippen molar-refractivity contribution in [2.24, 2.45) is 23.7 Å². The van der Waals surface area contributed by atoms with Crippen molar-refractivity contribution in [3.63, 3.8) is 0 Å². The van der Waals surface area contributed by atoms with Crippen LogP contribution in [0.1, 0.15) is 93.9 Å². The Morgan fingerprint density at radius 3 is 2.32 bits per heavy atom. The Hall–Kier alpha value is -2.31. The lowest BCUT2D eigenvalue weighted by Gasteiger charge is -2.48. The van der Waals surface area contributed by atoms with Crippen LogP contribution in [0.5, 0.6) is 0 Å². The number of fused-ring (bicyclic) bond motifs is 2. The molecule has 3 N–H and O–H groups in total. The van der Waals surface area contributed by atoms with Crippen molar-refractivity contribution in [1.82, 2.24) is 0 Å². The maximum absolute atomic E-state index is 14.3. The van der Waals surface area contributed by atoms with Gasteiger partial charge < -0.3 is 62.7 Å². The molecule has 62 heavy (non-hydrogen) atoms. The summed E-state index contributed by atoms with van der Waals surface area (Å²) in [5, 5.41) is 34.2. The van der Waals surface area contributed by atoms with Gasteiger partial charge in [0.05, 0.1) is 49.3 Å². The number of aliphatic hydroxyl groups is 3. The molecule has 7 rings (SSSR count). The van der Waals surface area contributed by atoms with Crippen molar-refractivity contribution in [3.8, 4) is 0 Å². The molecule has 0 radical (unpaired) electrons. The third kappa shape index (κ3) is 9.64. The molecule has 348 valence electrons. The monoisotopic (exact) mass is 872 g/mol. The number of ether oxygens (including phenoxy) is 10. The third-order valence-electron chi connectivity index (χ3n) is 14.5. The second kappa shape index (κ2) is 19.7. The van der Waals surface area contributed by atoms with Gasteiger partial charge in [0.25, 0.3) is 0 Å². The number of rotatable bonds is 8. The van der Waals surface area contributed by atoms with Crippen LogP contribution in [0.15, 0.2) is 59.3 Å². The fraction of sp³-hybridized carbons (Fsp3) is 0.771. The first-order valence-corrected chi connectivity index (χ1v) is 22.9. The fourth-order valence-electron chi connectivity index (χ4n) is 10.6. The lowest BCUT2D eigenvalue weighted by molar-refractivity contribution is -0.318. The highest BCUT2D eigenvalue weighted by atomic mass is 16.7. The van der Waals surface area contributed by atoms with Gasteiger partial charge in [-0.15, -0.1) is 0 Å². The number of hydrogen-bond acceptors (Lipinski definition) is 14. The molecule has 6 aliphatic heterocycles. The summed E-state index contributed by atoms with van der Waals surface area (Å²) in [6.07, 6.45) is 8.55. The molecule has 0 aromatic carbocycles. The summed E-state index contributed by atoms with van der Waals surface area (Å²) in [5.74, 6) is -2.56. The lowest BCUT2D eigenvalue weighted by Crippen LogP contribution is -2.58. The van der Waals surface area contributed by atoms with Crippen LogP contribution in [0.3, 0.4) is 0 Å². The average molecular weight is 873 g/mol. The summed E-state index contributed by atoms with van der Waals surface area (Å²) in [6.45, 7) is 16.1. The highest BCUT2D eigenvalue weighted by Crippen LogP contribution is 2.47. The van der Waals surface area contributed by atoms with Crippen LogP contribution >= 0.6 is 0 Å². The van der Waals surface area contributed by atoms with E-state index in [0.29, 0.717) is 43.3 Å². The van der Waals surface area contributed by atoms with Gasteiger partial charge >= 0.3 is 5.97 Å². The molecule has 6 heterocycles. The molecule has 14 nitrogen and oxygen atoms in total. The molecule has 7 aliphatic rings. The molecule has 2 bridgehead atoms. The number of aliphatic hydroxyl groups excluding tert-OH is 2. The normalized spacial score (nSPS) is 49.1. The van der Waals surface area contributed by atoms with Gasteiger partial charge in [0, 0.05) is 51.7 Å². The molecule has 1 spiro atoms. The molecule has 0 amide bonds. The van der Waals surface area contributed by atoms with Gasteiger partial charge in [-0.05, 0) is 62.8 Å². The zero-order valence-corrected chi connectivity index (χ0v) is 38.2. The topological polar surface area (TPSA) is 170 Å². The second-order valence-electron chi connectivity index (χ2n) is 19.0. The zero-order valence-electron chi connectivity index (χ0n) is 38.2. The second-order valence-corrected chi connectivity index (χ2v) is 19.0. The molecule has 4 fully saturated rings. The van der Waals surface area contributed by atoms with Crippen LogP contribution in [-0.4, -0.2) is 139 Å². The fourth-order valence-corrected chi connectivity index (χ4v) is 10.6. The van der Waals surface area contributed by atoms with Crippen LogP contribution in [0.25, 0.3) is 0 Å². The lowest BCUT2D eigenvalue weighted by atomic mass is 9.71. The van der Waals surface area contributed by atoms with E-state index in [4.69, 9.17) is 47.4 Å². The van der Waals surface area contributed by atoms with Crippen molar-refractivity contribution in [2.75, 3.05) is 20.8 Å². The van der Waals surface area contributed by atoms with Crippen LogP contribution < -0.4 is 0 Å². The Bertz CT molecular complexity index is 1730. The minimum Gasteiger partial charge on any atom is -0.462 e. The summed E-state index contributed by atoms with van der Waals surface area (Å²) in [4.78, 5) is 14.3. The SMILES string of the molecule is CC[C@H](C)[C@H]1O[C@]2(C=C[C@@H]1C)C[C@@H]1C[C@@H](C/C=C(\C)[C@@H](O[C@H]3C[C@H](OC)[C@@H](O[C@H]4C[C@@H](OC)[C@@H](O)[C@H](C)O4)[C@H](C)O3)[C@@H](C)/C=C/C=C3\CO[C@@H]4[C@H](O)C(C)=C[C@@H](C(=O)O1)[C@]34O)O2. The van der Waals surface area contributed by atoms with Crippen molar-refractivity contribution in [3.05, 3.63) is 59.3 Å². The van der Waals surface area contributed by atoms with E-state index in [1.165, 1.54) is 0 Å². The highest BCUT2D eigenvalue weighted by Gasteiger charge is 2.60. The van der Waals surface area contributed by atoms with Gasteiger partial charge in [0.2, 0.25) is 0 Å². The van der Waals surface area contributed by atoms with E-state index in [-0.39, 0.29) is 42.7 Å². The van der Waals surface area contributed by atoms with Crippen LogP contribution in [0.4, 0.5) is 0 Å². The van der Waals surface area contributed by atoms with Crippen molar-refractivity contribution in [2.45, 2.75) is 191 Å². The van der Waals surface area contributed by atoms with E-state index in [1.54, 1.807) is 40.2 Å². The Balaban J connectivity index is 1.18. The predicted octanol–water partition coefficient (Wildman–Crippen LogP) is 5.38. The smallest absolute Gasteiger partial charge is 0.316 e. The van der Waals surface area contributed by atoms with E-state index in [2.05, 4.69) is 39.8 Å². The molecule has 20 atom stereocenters. The molecular formula is C48H72O14. The Labute approximate surface area is 367 Å². The van der Waals surface area contributed by atoms with Gasteiger partial charge in [-0.1, -0.05) is 70.6 Å². The molecule has 0 unspecified atom stereocenters. The van der Waals surface area contributed by atoms with Crippen molar-refractivity contribution >= 4 is 5.97 Å². The molecular weight excluding hydrogens is 801 g/mol. The van der Waals surface area contributed by atoms with E-state index in [9.17, 15) is 20.1 Å². The number of hydrogen-bond donors (Lipinski definition) is 3. The maximum Gasteiger partial charge on any atom is 0.316 e. The van der Waals surface area contributed by atoms with Crippen LogP contribution in [-0.2, 0) is 52.2 Å². The number of carbonyl (C=O) groups excluding carboxylic acids is 1. The number of allylic oxidation sites excluding steroid dienone is 2. The summed E-state index contributed by atoms with van der Waals surface area (Å²) < 4.78 is 63.7. The van der Waals surface area contributed by atoms with E-state index in [0.717, 1.165) is 12.0 Å². The minimum atomic E-state index is -1.84. The summed E-state index contributed by atoms with van der Waals surface area (Å²) in [5.41, 5.74) is 0.134. The van der Waals surface area contributed by atoms with Gasteiger partial charge in [-0.25, -0.2) is 0 Å². The third-order valence-corrected chi connectivity index (χ3v) is 14.5. The number of esters is 1. The molecule has 0 aromatic heterocycles. The van der Waals surface area contributed by atoms with E-state index >= 15 is 0 Å². The largest absolute Gasteiger partial charge is 0.462 e. The number of carbonyl (C=O) groups is 1. The predicted molar refractivity (Wildman–Crippen MR) is 227 cm³/mol. The van der Waals surface area contributed by atoms with Gasteiger partial charge in [-0.2, -0.15) is 0 Å². The summed E-state index contributed by atoms with van der Waals surface area (Å²) in [6, 6.07) is 0. The Morgan fingerprint density at radius 1 is 0.887 bits per heavy atom. The maximum atomic E-state index is 14.3. The van der Waals surface area contributed by atoms with Gasteiger partial charge in [0.15, 0.2) is 18.4 Å². The van der Waals surface area contributed by atoms with Gasteiger partial charge in [0.1, 0.15) is 42.0 Å². The number of methoxy groups -OCH3 is 2. The van der Waals surface area contributed by atoms with Crippen molar-refractivity contribution in [1.29, 1.82) is 0 Å². The average Bonchev–Trinajstić information content (AvgIpc) is 3.58. The Morgan fingerprint density at radius 2 is 1.60 bits per heavy atom. The first-order valence-electron chi connectivity index (χ1n) is 22.9.